The van der Waals surface area contributed by atoms with Gasteiger partial charge in [-0.15, -0.1) is 0 Å². The molecule has 10 nitrogen and oxygen atoms in total. The smallest absolute Gasteiger partial charge is 0.253 e. The average Bonchev–Trinajstić information content (AvgIpc) is 3.15. The van der Waals surface area contributed by atoms with Crippen LogP contribution in [0.15, 0.2) is 36.0 Å². The third kappa shape index (κ3) is 23.8. The lowest BCUT2D eigenvalue weighted by atomic mass is 9.99. The number of unbranched alkanes of at least 4 members (excludes halogenated alkanes) is 19. The van der Waals surface area contributed by atoms with Gasteiger partial charge in [-0.3, -0.25) is 4.79 Å². The number of aliphatic hydroxyl groups is 6. The van der Waals surface area contributed by atoms with E-state index in [-0.39, 0.29) is 6.61 Å². The largest absolute Gasteiger partial charge is 0.394 e. The van der Waals surface area contributed by atoms with Gasteiger partial charge in [-0.25, -0.2) is 0 Å². The summed E-state index contributed by atoms with van der Waals surface area (Å²) in [5, 5.41) is 64.4. The molecule has 1 heterocycles. The first-order valence-corrected chi connectivity index (χ1v) is 21.2. The molecule has 0 bridgehead atoms. The Morgan fingerprint density at radius 1 is 0.698 bits per heavy atom. The molecule has 1 aliphatic rings. The highest BCUT2D eigenvalue weighted by atomic mass is 16.7. The van der Waals surface area contributed by atoms with Crippen LogP contribution in [-0.4, -0.2) is 98.7 Å². The first kappa shape index (κ1) is 49.4. The van der Waals surface area contributed by atoms with E-state index in [1.54, 1.807) is 12.2 Å². The minimum absolute atomic E-state index is 0.341. The van der Waals surface area contributed by atoms with Gasteiger partial charge in [0.15, 0.2) is 12.4 Å². The van der Waals surface area contributed by atoms with E-state index in [0.717, 1.165) is 32.1 Å². The van der Waals surface area contributed by atoms with Crippen molar-refractivity contribution in [3.05, 3.63) is 36.0 Å². The summed E-state index contributed by atoms with van der Waals surface area (Å²) in [6.07, 6.45) is 26.3. The summed E-state index contributed by atoms with van der Waals surface area (Å²) in [7, 11) is 0. The second-order valence-electron chi connectivity index (χ2n) is 15.1. The van der Waals surface area contributed by atoms with Crippen molar-refractivity contribution in [3.63, 3.8) is 0 Å². The lowest BCUT2D eigenvalue weighted by Crippen LogP contribution is -2.60. The second kappa shape index (κ2) is 32.6. The summed E-state index contributed by atoms with van der Waals surface area (Å²) in [6, 6.07) is -1.03. The highest BCUT2D eigenvalue weighted by Gasteiger charge is 2.44. The van der Waals surface area contributed by atoms with Gasteiger partial charge in [-0.1, -0.05) is 159 Å². The van der Waals surface area contributed by atoms with E-state index >= 15 is 0 Å². The van der Waals surface area contributed by atoms with Gasteiger partial charge in [0.05, 0.1) is 25.4 Å². The monoisotopic (exact) mass is 754 g/mol. The first-order chi connectivity index (χ1) is 25.7. The SMILES string of the molecule is CCCCCCCCCCCCCC/C=C/[C@@H](O)C(=O)N[C@@H](CO[C@@H]1O[C@H](CO)[C@H](O)[C@H](O)[C@H]1O)[C@H](O)/C=C/CC/C=C(\C)CCCCCCCCC. The molecule has 1 amide bonds. The van der Waals surface area contributed by atoms with Crippen molar-refractivity contribution >= 4 is 5.91 Å². The number of hydrogen-bond acceptors (Lipinski definition) is 9. The van der Waals surface area contributed by atoms with E-state index in [1.165, 1.54) is 121 Å². The highest BCUT2D eigenvalue weighted by Crippen LogP contribution is 2.22. The standard InChI is InChI=1S/C43H79NO9/c1-4-6-8-10-12-13-14-15-16-17-18-20-22-26-31-37(47)42(51)44-35(33-52-43-41(50)40(49)39(48)38(32-45)53-43)36(46)30-27-23-25-29-34(3)28-24-21-19-11-9-7-5-2/h26-27,29-31,35-41,43,45-50H,4-25,28,32-33H2,1-3H3,(H,44,51)/b30-27+,31-26+,34-29+/t35-,36+,37+,38+,39-,40-,41+,43+/m0/s1. The zero-order valence-corrected chi connectivity index (χ0v) is 33.6. The van der Waals surface area contributed by atoms with Gasteiger partial charge in [0.1, 0.15) is 24.4 Å². The first-order valence-electron chi connectivity index (χ1n) is 21.2. The molecule has 10 heteroatoms. The third-order valence-corrected chi connectivity index (χ3v) is 10.2. The van der Waals surface area contributed by atoms with Crippen LogP contribution in [0.1, 0.15) is 168 Å². The number of nitrogens with one attached hydrogen (secondary N) is 1. The van der Waals surface area contributed by atoms with Crippen LogP contribution >= 0.6 is 0 Å². The van der Waals surface area contributed by atoms with Gasteiger partial charge in [0.2, 0.25) is 0 Å². The summed E-state index contributed by atoms with van der Waals surface area (Å²) < 4.78 is 11.1. The van der Waals surface area contributed by atoms with Gasteiger partial charge in [-0.05, 0) is 45.4 Å². The fourth-order valence-corrected chi connectivity index (χ4v) is 6.57. The van der Waals surface area contributed by atoms with E-state index in [0.29, 0.717) is 6.42 Å². The predicted molar refractivity (Wildman–Crippen MR) is 213 cm³/mol. The molecule has 0 saturated carbocycles. The Bertz CT molecular complexity index is 971. The molecule has 0 spiro atoms. The molecule has 53 heavy (non-hydrogen) atoms. The Morgan fingerprint density at radius 3 is 1.79 bits per heavy atom. The second-order valence-corrected chi connectivity index (χ2v) is 15.1. The summed E-state index contributed by atoms with van der Waals surface area (Å²) >= 11 is 0. The number of aliphatic hydroxyl groups excluding tert-OH is 6. The maximum atomic E-state index is 13.0. The summed E-state index contributed by atoms with van der Waals surface area (Å²) in [5.74, 6) is -0.713. The Hall–Kier alpha value is -1.63. The van der Waals surface area contributed by atoms with Crippen molar-refractivity contribution in [1.82, 2.24) is 5.32 Å². The number of ether oxygens (including phenoxy) is 2. The molecule has 8 atom stereocenters. The number of rotatable bonds is 33. The van der Waals surface area contributed by atoms with Crippen LogP contribution in [0.4, 0.5) is 0 Å². The van der Waals surface area contributed by atoms with Crippen LogP contribution in [0, 0.1) is 0 Å². The van der Waals surface area contributed by atoms with Crippen molar-refractivity contribution in [1.29, 1.82) is 0 Å². The number of carbonyl (C=O) groups excluding carboxylic acids is 1. The van der Waals surface area contributed by atoms with Crippen molar-refractivity contribution in [2.75, 3.05) is 13.2 Å². The minimum Gasteiger partial charge on any atom is -0.394 e. The summed E-state index contributed by atoms with van der Waals surface area (Å²) in [5.41, 5.74) is 1.35. The molecule has 0 aromatic rings. The molecule has 1 rings (SSSR count). The zero-order valence-electron chi connectivity index (χ0n) is 33.6. The van der Waals surface area contributed by atoms with Crippen molar-refractivity contribution < 1.29 is 44.9 Å². The number of carbonyl (C=O) groups is 1. The van der Waals surface area contributed by atoms with E-state index in [4.69, 9.17) is 9.47 Å². The summed E-state index contributed by atoms with van der Waals surface area (Å²) in [4.78, 5) is 13.0. The normalized spacial score (nSPS) is 22.8. The molecule has 1 fully saturated rings. The van der Waals surface area contributed by atoms with Crippen LogP contribution in [0.3, 0.4) is 0 Å². The quantitative estimate of drug-likeness (QED) is 0.0274. The molecule has 1 saturated heterocycles. The van der Waals surface area contributed by atoms with E-state index in [2.05, 4.69) is 32.2 Å². The lowest BCUT2D eigenvalue weighted by Gasteiger charge is -2.40. The Morgan fingerprint density at radius 2 is 1.23 bits per heavy atom. The number of amides is 1. The Balaban J connectivity index is 2.59. The third-order valence-electron chi connectivity index (χ3n) is 10.2. The van der Waals surface area contributed by atoms with Gasteiger partial charge in [-0.2, -0.15) is 0 Å². The average molecular weight is 754 g/mol. The molecule has 310 valence electrons. The highest BCUT2D eigenvalue weighted by molar-refractivity contribution is 5.82. The molecule has 0 aromatic heterocycles. The summed E-state index contributed by atoms with van der Waals surface area (Å²) in [6.45, 7) is 5.67. The molecular formula is C43H79NO9. The number of allylic oxidation sites excluding steroid dienone is 4. The fourth-order valence-electron chi connectivity index (χ4n) is 6.57. The topological polar surface area (TPSA) is 169 Å². The molecule has 0 aliphatic carbocycles. The molecule has 0 aromatic carbocycles. The molecule has 0 unspecified atom stereocenters. The molecular weight excluding hydrogens is 674 g/mol. The lowest BCUT2D eigenvalue weighted by molar-refractivity contribution is -0.302. The van der Waals surface area contributed by atoms with E-state index in [9.17, 15) is 35.4 Å². The van der Waals surface area contributed by atoms with Gasteiger partial charge < -0.3 is 45.4 Å². The Labute approximate surface area is 322 Å². The predicted octanol–water partition coefficient (Wildman–Crippen LogP) is 7.08. The van der Waals surface area contributed by atoms with Crippen molar-refractivity contribution in [3.8, 4) is 0 Å². The van der Waals surface area contributed by atoms with Gasteiger partial charge in [0.25, 0.3) is 5.91 Å². The van der Waals surface area contributed by atoms with Crippen molar-refractivity contribution in [2.45, 2.75) is 217 Å². The van der Waals surface area contributed by atoms with Crippen LogP contribution in [0.5, 0.6) is 0 Å². The van der Waals surface area contributed by atoms with Gasteiger partial charge >= 0.3 is 0 Å². The van der Waals surface area contributed by atoms with Crippen molar-refractivity contribution in [2.24, 2.45) is 0 Å². The van der Waals surface area contributed by atoms with Crippen LogP contribution < -0.4 is 5.32 Å². The maximum absolute atomic E-state index is 13.0. The van der Waals surface area contributed by atoms with E-state index < -0.39 is 61.5 Å². The van der Waals surface area contributed by atoms with Crippen LogP contribution in [0.25, 0.3) is 0 Å². The fraction of sp³-hybridized carbons (Fsp3) is 0.837. The zero-order chi connectivity index (χ0) is 39.1. The van der Waals surface area contributed by atoms with Crippen LogP contribution in [-0.2, 0) is 14.3 Å². The number of hydrogen-bond donors (Lipinski definition) is 7. The Kier molecular flexibility index (Phi) is 30.4. The molecule has 1 aliphatic heterocycles. The maximum Gasteiger partial charge on any atom is 0.253 e. The molecule has 7 N–H and O–H groups in total. The minimum atomic E-state index is -1.62. The van der Waals surface area contributed by atoms with Gasteiger partial charge in [0, 0.05) is 0 Å². The van der Waals surface area contributed by atoms with Crippen LogP contribution in [0.2, 0.25) is 0 Å². The van der Waals surface area contributed by atoms with E-state index in [1.807, 2.05) is 6.08 Å². The molecule has 0 radical (unpaired) electrons.